The van der Waals surface area contributed by atoms with E-state index in [-0.39, 0.29) is 6.10 Å². The normalized spacial score (nSPS) is 17.2. The third-order valence-corrected chi connectivity index (χ3v) is 4.35. The molecule has 26 heavy (non-hydrogen) atoms. The summed E-state index contributed by atoms with van der Waals surface area (Å²) in [6, 6.07) is 8.52. The van der Waals surface area contributed by atoms with E-state index in [2.05, 4.69) is 5.32 Å². The number of methoxy groups -OCH3 is 2. The fraction of sp³-hybridized carbons (Fsp3) is 0.368. The van der Waals surface area contributed by atoms with Crippen LogP contribution in [0.5, 0.6) is 17.2 Å². The average Bonchev–Trinajstić information content (AvgIpc) is 2.82. The number of nitrogens with one attached hydrogen (secondary N) is 1. The van der Waals surface area contributed by atoms with Crippen LogP contribution in [0.25, 0.3) is 0 Å². The second-order valence-corrected chi connectivity index (χ2v) is 5.99. The SMILES string of the molecule is COc1cc2c(cc1OC)C(Oc1ccc(C(F)(F)F)cc1)CNCC2. The Bertz CT molecular complexity index is 760. The molecule has 4 nitrogen and oxygen atoms in total. The van der Waals surface area contributed by atoms with Crippen molar-refractivity contribution in [2.75, 3.05) is 27.3 Å². The minimum Gasteiger partial charge on any atom is -0.493 e. The zero-order chi connectivity index (χ0) is 18.7. The highest BCUT2D eigenvalue weighted by atomic mass is 19.4. The van der Waals surface area contributed by atoms with Gasteiger partial charge in [-0.05, 0) is 54.9 Å². The highest BCUT2D eigenvalue weighted by Crippen LogP contribution is 2.36. The van der Waals surface area contributed by atoms with Crippen molar-refractivity contribution in [3.05, 3.63) is 53.1 Å². The molecular formula is C19H20F3NO3. The highest BCUT2D eigenvalue weighted by molar-refractivity contribution is 5.49. The minimum absolute atomic E-state index is 0.343. The summed E-state index contributed by atoms with van der Waals surface area (Å²) in [5, 5.41) is 3.29. The summed E-state index contributed by atoms with van der Waals surface area (Å²) >= 11 is 0. The first-order valence-corrected chi connectivity index (χ1v) is 8.22. The second-order valence-electron chi connectivity index (χ2n) is 5.99. The third-order valence-electron chi connectivity index (χ3n) is 4.35. The van der Waals surface area contributed by atoms with Crippen molar-refractivity contribution >= 4 is 0 Å². The summed E-state index contributed by atoms with van der Waals surface area (Å²) in [5.74, 6) is 1.61. The molecule has 1 aliphatic rings. The van der Waals surface area contributed by atoms with Crippen LogP contribution >= 0.6 is 0 Å². The number of halogens is 3. The molecule has 0 aromatic heterocycles. The molecule has 7 heteroatoms. The Morgan fingerprint density at radius 3 is 2.27 bits per heavy atom. The van der Waals surface area contributed by atoms with Gasteiger partial charge in [0, 0.05) is 12.1 Å². The largest absolute Gasteiger partial charge is 0.493 e. The first kappa shape index (κ1) is 18.4. The van der Waals surface area contributed by atoms with Gasteiger partial charge in [0.1, 0.15) is 11.9 Å². The van der Waals surface area contributed by atoms with Gasteiger partial charge in [0.25, 0.3) is 0 Å². The molecule has 0 aliphatic carbocycles. The van der Waals surface area contributed by atoms with E-state index in [1.807, 2.05) is 12.1 Å². The van der Waals surface area contributed by atoms with Crippen molar-refractivity contribution in [2.24, 2.45) is 0 Å². The lowest BCUT2D eigenvalue weighted by Crippen LogP contribution is -2.23. The zero-order valence-corrected chi connectivity index (χ0v) is 14.5. The van der Waals surface area contributed by atoms with Gasteiger partial charge in [-0.3, -0.25) is 0 Å². The molecule has 0 radical (unpaired) electrons. The van der Waals surface area contributed by atoms with Crippen molar-refractivity contribution in [1.82, 2.24) is 5.32 Å². The average molecular weight is 367 g/mol. The molecule has 0 amide bonds. The summed E-state index contributed by atoms with van der Waals surface area (Å²) in [6.07, 6.45) is -3.91. The molecule has 2 aromatic carbocycles. The number of fused-ring (bicyclic) bond motifs is 1. The molecule has 1 unspecified atom stereocenters. The Morgan fingerprint density at radius 1 is 1.00 bits per heavy atom. The van der Waals surface area contributed by atoms with Crippen molar-refractivity contribution in [1.29, 1.82) is 0 Å². The van der Waals surface area contributed by atoms with Crippen molar-refractivity contribution in [2.45, 2.75) is 18.7 Å². The van der Waals surface area contributed by atoms with Crippen LogP contribution in [-0.4, -0.2) is 27.3 Å². The maximum absolute atomic E-state index is 12.7. The number of rotatable bonds is 4. The lowest BCUT2D eigenvalue weighted by atomic mass is 10.00. The lowest BCUT2D eigenvalue weighted by Gasteiger charge is -2.21. The standard InChI is InChI=1S/C19H20F3NO3/c1-24-16-9-12-7-8-23-11-18(15(12)10-17(16)25-2)26-14-5-3-13(4-6-14)19(20,21)22/h3-6,9-10,18,23H,7-8,11H2,1-2H3. The summed E-state index contributed by atoms with van der Waals surface area (Å²) in [5.41, 5.74) is 1.30. The Balaban J connectivity index is 1.89. The molecule has 140 valence electrons. The van der Waals surface area contributed by atoms with E-state index in [0.29, 0.717) is 23.8 Å². The molecule has 1 heterocycles. The Labute approximate surface area is 149 Å². The maximum Gasteiger partial charge on any atom is 0.416 e. The highest BCUT2D eigenvalue weighted by Gasteiger charge is 2.30. The van der Waals surface area contributed by atoms with Crippen LogP contribution in [-0.2, 0) is 12.6 Å². The number of ether oxygens (including phenoxy) is 3. The molecule has 2 aromatic rings. The monoisotopic (exact) mass is 367 g/mol. The molecular weight excluding hydrogens is 347 g/mol. The summed E-state index contributed by atoms with van der Waals surface area (Å²) in [6.45, 7) is 1.32. The number of hydrogen-bond acceptors (Lipinski definition) is 4. The first-order valence-electron chi connectivity index (χ1n) is 8.22. The van der Waals surface area contributed by atoms with Crippen LogP contribution in [0.4, 0.5) is 13.2 Å². The molecule has 1 N–H and O–H groups in total. The molecule has 1 aliphatic heterocycles. The lowest BCUT2D eigenvalue weighted by molar-refractivity contribution is -0.137. The first-order chi connectivity index (χ1) is 12.4. The Morgan fingerprint density at radius 2 is 1.65 bits per heavy atom. The summed E-state index contributed by atoms with van der Waals surface area (Å²) in [4.78, 5) is 0. The quantitative estimate of drug-likeness (QED) is 0.887. The van der Waals surface area contributed by atoms with E-state index >= 15 is 0 Å². The van der Waals surface area contributed by atoms with Crippen LogP contribution in [0.2, 0.25) is 0 Å². The van der Waals surface area contributed by atoms with Gasteiger partial charge in [0.15, 0.2) is 11.5 Å². The van der Waals surface area contributed by atoms with E-state index in [1.54, 1.807) is 14.2 Å². The predicted octanol–water partition coefficient (Wildman–Crippen LogP) is 3.99. The van der Waals surface area contributed by atoms with Gasteiger partial charge in [-0.1, -0.05) is 0 Å². The van der Waals surface area contributed by atoms with E-state index in [1.165, 1.54) is 12.1 Å². The van der Waals surface area contributed by atoms with E-state index in [9.17, 15) is 13.2 Å². The fourth-order valence-electron chi connectivity index (χ4n) is 3.01. The smallest absolute Gasteiger partial charge is 0.416 e. The van der Waals surface area contributed by atoms with Gasteiger partial charge >= 0.3 is 6.18 Å². The fourth-order valence-corrected chi connectivity index (χ4v) is 3.01. The second kappa shape index (κ2) is 7.45. The predicted molar refractivity (Wildman–Crippen MR) is 90.9 cm³/mol. The topological polar surface area (TPSA) is 39.7 Å². The number of alkyl halides is 3. The van der Waals surface area contributed by atoms with Crippen LogP contribution in [0.1, 0.15) is 22.8 Å². The molecule has 0 fully saturated rings. The number of benzene rings is 2. The van der Waals surface area contributed by atoms with Crippen LogP contribution in [0, 0.1) is 0 Å². The van der Waals surface area contributed by atoms with Gasteiger partial charge < -0.3 is 19.5 Å². The Kier molecular flexibility index (Phi) is 5.27. The minimum atomic E-state index is -4.36. The van der Waals surface area contributed by atoms with Crippen LogP contribution in [0.15, 0.2) is 36.4 Å². The van der Waals surface area contributed by atoms with Crippen LogP contribution in [0.3, 0.4) is 0 Å². The summed E-state index contributed by atoms with van der Waals surface area (Å²) < 4.78 is 54.8. The maximum atomic E-state index is 12.7. The zero-order valence-electron chi connectivity index (χ0n) is 14.5. The van der Waals surface area contributed by atoms with Crippen molar-refractivity contribution < 1.29 is 27.4 Å². The van der Waals surface area contributed by atoms with Gasteiger partial charge in [-0.25, -0.2) is 0 Å². The molecule has 0 bridgehead atoms. The van der Waals surface area contributed by atoms with E-state index in [4.69, 9.17) is 14.2 Å². The van der Waals surface area contributed by atoms with Crippen LogP contribution < -0.4 is 19.5 Å². The van der Waals surface area contributed by atoms with Gasteiger partial charge in [-0.2, -0.15) is 13.2 Å². The molecule has 0 saturated carbocycles. The molecule has 0 spiro atoms. The van der Waals surface area contributed by atoms with E-state index in [0.717, 1.165) is 36.2 Å². The Hall–Kier alpha value is -2.41. The third kappa shape index (κ3) is 3.88. The molecule has 0 saturated heterocycles. The number of hydrogen-bond donors (Lipinski definition) is 1. The van der Waals surface area contributed by atoms with Gasteiger partial charge in [0.05, 0.1) is 19.8 Å². The van der Waals surface area contributed by atoms with E-state index < -0.39 is 11.7 Å². The van der Waals surface area contributed by atoms with Crippen molar-refractivity contribution in [3.63, 3.8) is 0 Å². The molecule has 1 atom stereocenters. The summed E-state index contributed by atoms with van der Waals surface area (Å²) in [7, 11) is 3.14. The van der Waals surface area contributed by atoms with Crippen molar-refractivity contribution in [3.8, 4) is 17.2 Å². The van der Waals surface area contributed by atoms with Gasteiger partial charge in [-0.15, -0.1) is 0 Å². The van der Waals surface area contributed by atoms with Gasteiger partial charge in [0.2, 0.25) is 0 Å². The molecule has 3 rings (SSSR count).